The van der Waals surface area contributed by atoms with Gasteiger partial charge in [0.2, 0.25) is 0 Å². The zero-order valence-corrected chi connectivity index (χ0v) is 10.3. The van der Waals surface area contributed by atoms with Crippen LogP contribution in [0.15, 0.2) is 0 Å². The third-order valence-electron chi connectivity index (χ3n) is 2.84. The van der Waals surface area contributed by atoms with Crippen LogP contribution in [-0.2, 0) is 9.47 Å². The van der Waals surface area contributed by atoms with E-state index in [1.165, 1.54) is 12.8 Å². The number of ether oxygens (including phenoxy) is 2. The van der Waals surface area contributed by atoms with Crippen LogP contribution in [0.3, 0.4) is 0 Å². The van der Waals surface area contributed by atoms with Crippen LogP contribution < -0.4 is 5.32 Å². The van der Waals surface area contributed by atoms with Gasteiger partial charge in [-0.3, -0.25) is 0 Å². The first-order valence-corrected chi connectivity index (χ1v) is 6.16. The van der Waals surface area contributed by atoms with Crippen molar-refractivity contribution < 1.29 is 9.47 Å². The molecule has 1 fully saturated rings. The molecule has 2 unspecified atom stereocenters. The van der Waals surface area contributed by atoms with Crippen LogP contribution >= 0.6 is 0 Å². The molecule has 0 amide bonds. The van der Waals surface area contributed by atoms with Gasteiger partial charge in [0.15, 0.2) is 0 Å². The Balaban J connectivity index is 2.33. The van der Waals surface area contributed by atoms with Gasteiger partial charge in [-0.2, -0.15) is 0 Å². The Morgan fingerprint density at radius 2 is 2.27 bits per heavy atom. The van der Waals surface area contributed by atoms with E-state index in [9.17, 15) is 0 Å². The van der Waals surface area contributed by atoms with E-state index in [4.69, 9.17) is 9.47 Å². The zero-order valence-electron chi connectivity index (χ0n) is 10.3. The van der Waals surface area contributed by atoms with Gasteiger partial charge in [0.05, 0.1) is 19.3 Å². The van der Waals surface area contributed by atoms with Crippen molar-refractivity contribution in [2.45, 2.75) is 45.8 Å². The molecule has 0 aromatic carbocycles. The molecule has 15 heavy (non-hydrogen) atoms. The molecular weight excluding hydrogens is 190 g/mol. The third-order valence-corrected chi connectivity index (χ3v) is 2.84. The molecule has 0 spiro atoms. The quantitative estimate of drug-likeness (QED) is 0.733. The monoisotopic (exact) mass is 215 g/mol. The Morgan fingerprint density at radius 1 is 1.47 bits per heavy atom. The molecule has 2 atom stereocenters. The molecule has 3 nitrogen and oxygen atoms in total. The lowest BCUT2D eigenvalue weighted by atomic mass is 9.94. The van der Waals surface area contributed by atoms with E-state index in [1.54, 1.807) is 0 Å². The molecule has 1 N–H and O–H groups in total. The Kier molecular flexibility index (Phi) is 6.22. The molecule has 0 bridgehead atoms. The normalized spacial score (nSPS) is 24.4. The van der Waals surface area contributed by atoms with Gasteiger partial charge >= 0.3 is 0 Å². The molecule has 0 radical (unpaired) electrons. The van der Waals surface area contributed by atoms with Crippen LogP contribution in [0, 0.1) is 5.92 Å². The first-order chi connectivity index (χ1) is 7.24. The third kappa shape index (κ3) is 4.96. The first kappa shape index (κ1) is 12.9. The van der Waals surface area contributed by atoms with E-state index in [1.807, 2.05) is 0 Å². The molecule has 1 aliphatic rings. The average molecular weight is 215 g/mol. The van der Waals surface area contributed by atoms with Gasteiger partial charge in [-0.25, -0.2) is 0 Å². The maximum absolute atomic E-state index is 5.69. The van der Waals surface area contributed by atoms with Crippen molar-refractivity contribution in [2.24, 2.45) is 5.92 Å². The van der Waals surface area contributed by atoms with E-state index < -0.39 is 0 Å². The molecule has 1 rings (SSSR count). The Bertz CT molecular complexity index is 156. The molecule has 0 aliphatic carbocycles. The second-order valence-electron chi connectivity index (χ2n) is 4.52. The van der Waals surface area contributed by atoms with Crippen LogP contribution in [0.25, 0.3) is 0 Å². The van der Waals surface area contributed by atoms with E-state index in [-0.39, 0.29) is 0 Å². The fourth-order valence-electron chi connectivity index (χ4n) is 2.00. The van der Waals surface area contributed by atoms with Crippen molar-refractivity contribution in [1.29, 1.82) is 0 Å². The summed E-state index contributed by atoms with van der Waals surface area (Å²) in [5, 5.41) is 3.50. The highest BCUT2D eigenvalue weighted by Crippen LogP contribution is 2.18. The summed E-state index contributed by atoms with van der Waals surface area (Å²) >= 11 is 0. The summed E-state index contributed by atoms with van der Waals surface area (Å²) in [6.07, 6.45) is 2.77. The SMILES string of the molecule is CCNC(COC(C)C)C1CCCOC1. The fourth-order valence-corrected chi connectivity index (χ4v) is 2.00. The summed E-state index contributed by atoms with van der Waals surface area (Å²) in [7, 11) is 0. The van der Waals surface area contributed by atoms with Gasteiger partial charge in [-0.15, -0.1) is 0 Å². The maximum atomic E-state index is 5.69. The van der Waals surface area contributed by atoms with Crippen LogP contribution in [0.5, 0.6) is 0 Å². The number of nitrogens with one attached hydrogen (secondary N) is 1. The Hall–Kier alpha value is -0.120. The van der Waals surface area contributed by atoms with Crippen LogP contribution in [0.4, 0.5) is 0 Å². The predicted octanol–water partition coefficient (Wildman–Crippen LogP) is 1.82. The van der Waals surface area contributed by atoms with Gasteiger partial charge in [0.1, 0.15) is 0 Å². The van der Waals surface area contributed by atoms with Crippen LogP contribution in [0.2, 0.25) is 0 Å². The van der Waals surface area contributed by atoms with Crippen LogP contribution in [-0.4, -0.2) is 38.5 Å². The summed E-state index contributed by atoms with van der Waals surface area (Å²) in [5.74, 6) is 0.623. The van der Waals surface area contributed by atoms with E-state index in [0.29, 0.717) is 18.1 Å². The predicted molar refractivity (Wildman–Crippen MR) is 62.1 cm³/mol. The zero-order chi connectivity index (χ0) is 11.1. The van der Waals surface area contributed by atoms with Crippen molar-refractivity contribution in [3.63, 3.8) is 0 Å². The summed E-state index contributed by atoms with van der Waals surface area (Å²) < 4.78 is 11.2. The highest BCUT2D eigenvalue weighted by molar-refractivity contribution is 4.78. The largest absolute Gasteiger partial charge is 0.381 e. The number of hydrogen-bond donors (Lipinski definition) is 1. The molecule has 90 valence electrons. The number of likely N-dealkylation sites (N-methyl/N-ethyl adjacent to an activating group) is 1. The van der Waals surface area contributed by atoms with Gasteiger partial charge in [0.25, 0.3) is 0 Å². The minimum absolute atomic E-state index is 0.315. The standard InChI is InChI=1S/C12H25NO2/c1-4-13-12(9-15-10(2)3)11-6-5-7-14-8-11/h10-13H,4-9H2,1-3H3. The fraction of sp³-hybridized carbons (Fsp3) is 1.00. The lowest BCUT2D eigenvalue weighted by Crippen LogP contribution is -2.43. The second-order valence-corrected chi connectivity index (χ2v) is 4.52. The second kappa shape index (κ2) is 7.20. The molecule has 0 aromatic rings. The lowest BCUT2D eigenvalue weighted by molar-refractivity contribution is 0.00120. The average Bonchev–Trinajstić information content (AvgIpc) is 2.25. The van der Waals surface area contributed by atoms with Crippen molar-refractivity contribution in [2.75, 3.05) is 26.4 Å². The van der Waals surface area contributed by atoms with Crippen LogP contribution in [0.1, 0.15) is 33.6 Å². The van der Waals surface area contributed by atoms with Gasteiger partial charge < -0.3 is 14.8 Å². The van der Waals surface area contributed by atoms with Gasteiger partial charge in [-0.05, 0) is 39.2 Å². The Labute approximate surface area is 93.5 Å². The number of rotatable bonds is 6. The van der Waals surface area contributed by atoms with Crippen molar-refractivity contribution in [3.8, 4) is 0 Å². The highest BCUT2D eigenvalue weighted by Gasteiger charge is 2.23. The van der Waals surface area contributed by atoms with Crippen molar-refractivity contribution in [3.05, 3.63) is 0 Å². The molecule has 1 saturated heterocycles. The van der Waals surface area contributed by atoms with E-state index >= 15 is 0 Å². The van der Waals surface area contributed by atoms with Crippen molar-refractivity contribution in [1.82, 2.24) is 5.32 Å². The minimum atomic E-state index is 0.315. The minimum Gasteiger partial charge on any atom is -0.381 e. The maximum Gasteiger partial charge on any atom is 0.0626 e. The molecular formula is C12H25NO2. The topological polar surface area (TPSA) is 30.5 Å². The summed E-state index contributed by atoms with van der Waals surface area (Å²) in [6, 6.07) is 0.456. The Morgan fingerprint density at radius 3 is 2.80 bits per heavy atom. The molecule has 1 heterocycles. The summed E-state index contributed by atoms with van der Waals surface area (Å²) in [4.78, 5) is 0. The summed E-state index contributed by atoms with van der Waals surface area (Å²) in [5.41, 5.74) is 0. The van der Waals surface area contributed by atoms with Crippen molar-refractivity contribution >= 4 is 0 Å². The summed E-state index contributed by atoms with van der Waals surface area (Å²) in [6.45, 7) is 9.94. The highest BCUT2D eigenvalue weighted by atomic mass is 16.5. The molecule has 0 aromatic heterocycles. The molecule has 1 aliphatic heterocycles. The lowest BCUT2D eigenvalue weighted by Gasteiger charge is -2.31. The number of hydrogen-bond acceptors (Lipinski definition) is 3. The first-order valence-electron chi connectivity index (χ1n) is 6.16. The van der Waals surface area contributed by atoms with Gasteiger partial charge in [0, 0.05) is 12.6 Å². The smallest absolute Gasteiger partial charge is 0.0626 e. The molecule has 3 heteroatoms. The van der Waals surface area contributed by atoms with Gasteiger partial charge in [-0.1, -0.05) is 6.92 Å². The molecule has 0 saturated carbocycles. The van der Waals surface area contributed by atoms with E-state index in [0.717, 1.165) is 26.4 Å². The van der Waals surface area contributed by atoms with E-state index in [2.05, 4.69) is 26.1 Å².